The van der Waals surface area contributed by atoms with E-state index in [1.165, 1.54) is 63.5 Å². The van der Waals surface area contributed by atoms with Gasteiger partial charge in [0.25, 0.3) is 0 Å². The minimum atomic E-state index is -2.20. The van der Waals surface area contributed by atoms with E-state index in [0.29, 0.717) is 12.3 Å². The molecule has 1 unspecified atom stereocenters. The molecule has 3 aliphatic carbocycles. The fourth-order valence-electron chi connectivity index (χ4n) is 5.65. The monoisotopic (exact) mass is 368 g/mol. The minimum Gasteiger partial charge on any atom is -0.231 e. The summed E-state index contributed by atoms with van der Waals surface area (Å²) in [5.74, 6) is 1.06. The average molecular weight is 369 g/mol. The molecular formula is C23H35F3. The Labute approximate surface area is 157 Å². The van der Waals surface area contributed by atoms with Crippen LogP contribution in [0.15, 0.2) is 23.8 Å². The topological polar surface area (TPSA) is 0 Å². The first-order chi connectivity index (χ1) is 12.5. The normalized spacial score (nSPS) is 38.6. The Bertz CT molecular complexity index is 508. The van der Waals surface area contributed by atoms with E-state index in [2.05, 4.69) is 6.92 Å². The van der Waals surface area contributed by atoms with Crippen LogP contribution in [0.3, 0.4) is 0 Å². The highest BCUT2D eigenvalue weighted by Gasteiger charge is 2.38. The second-order valence-corrected chi connectivity index (χ2v) is 9.08. The summed E-state index contributed by atoms with van der Waals surface area (Å²) in [6, 6.07) is 0. The maximum atomic E-state index is 14.7. The van der Waals surface area contributed by atoms with Crippen molar-refractivity contribution >= 4 is 0 Å². The zero-order valence-electron chi connectivity index (χ0n) is 16.3. The molecule has 3 heteroatoms. The molecule has 0 N–H and O–H groups in total. The lowest BCUT2D eigenvalue weighted by molar-refractivity contribution is 0.130. The van der Waals surface area contributed by atoms with Gasteiger partial charge in [-0.1, -0.05) is 51.5 Å². The fourth-order valence-corrected chi connectivity index (χ4v) is 5.65. The molecule has 26 heavy (non-hydrogen) atoms. The van der Waals surface area contributed by atoms with Crippen molar-refractivity contribution in [2.45, 2.75) is 96.1 Å². The summed E-state index contributed by atoms with van der Waals surface area (Å²) < 4.78 is 41.9. The molecule has 0 heterocycles. The van der Waals surface area contributed by atoms with Crippen molar-refractivity contribution in [1.82, 2.24) is 0 Å². The van der Waals surface area contributed by atoms with E-state index in [1.54, 1.807) is 0 Å². The molecule has 2 fully saturated rings. The van der Waals surface area contributed by atoms with Gasteiger partial charge in [-0.05, 0) is 68.3 Å². The van der Waals surface area contributed by atoms with Gasteiger partial charge in [-0.2, -0.15) is 0 Å². The lowest BCUT2D eigenvalue weighted by atomic mass is 9.68. The third kappa shape index (κ3) is 4.75. The minimum absolute atomic E-state index is 0.0835. The second-order valence-electron chi connectivity index (χ2n) is 9.08. The van der Waals surface area contributed by atoms with Gasteiger partial charge < -0.3 is 0 Å². The molecule has 0 bridgehead atoms. The molecule has 0 nitrogen and oxygen atoms in total. The third-order valence-electron chi connectivity index (χ3n) is 7.34. The van der Waals surface area contributed by atoms with Crippen LogP contribution in [0.4, 0.5) is 13.2 Å². The van der Waals surface area contributed by atoms with E-state index in [9.17, 15) is 13.2 Å². The predicted molar refractivity (Wildman–Crippen MR) is 102 cm³/mol. The third-order valence-corrected chi connectivity index (χ3v) is 7.34. The van der Waals surface area contributed by atoms with Crippen LogP contribution < -0.4 is 0 Å². The Kier molecular flexibility index (Phi) is 6.91. The molecule has 0 amide bonds. The van der Waals surface area contributed by atoms with E-state index in [4.69, 9.17) is 0 Å². The van der Waals surface area contributed by atoms with Gasteiger partial charge in [-0.15, -0.1) is 0 Å². The molecule has 0 aliphatic heterocycles. The fraction of sp³-hybridized carbons (Fsp3) is 0.826. The number of hydrogen-bond acceptors (Lipinski definition) is 0. The molecule has 0 radical (unpaired) electrons. The first kappa shape index (κ1) is 20.0. The van der Waals surface area contributed by atoms with E-state index >= 15 is 0 Å². The second kappa shape index (κ2) is 8.97. The van der Waals surface area contributed by atoms with Crippen LogP contribution in [0.5, 0.6) is 0 Å². The number of alkyl halides is 1. The average Bonchev–Trinajstić information content (AvgIpc) is 2.66. The van der Waals surface area contributed by atoms with Crippen molar-refractivity contribution in [3.05, 3.63) is 23.8 Å². The Morgan fingerprint density at radius 2 is 1.42 bits per heavy atom. The van der Waals surface area contributed by atoms with Crippen molar-refractivity contribution in [1.29, 1.82) is 0 Å². The Hall–Kier alpha value is -0.730. The maximum Gasteiger partial charge on any atom is 0.182 e. The van der Waals surface area contributed by atoms with Crippen molar-refractivity contribution < 1.29 is 13.2 Å². The van der Waals surface area contributed by atoms with Crippen molar-refractivity contribution in [2.24, 2.45) is 23.7 Å². The van der Waals surface area contributed by atoms with Crippen LogP contribution in [0.25, 0.3) is 0 Å². The quantitative estimate of drug-likeness (QED) is 0.417. The highest BCUT2D eigenvalue weighted by molar-refractivity contribution is 5.28. The zero-order valence-corrected chi connectivity index (χ0v) is 16.3. The van der Waals surface area contributed by atoms with Gasteiger partial charge in [0.1, 0.15) is 5.83 Å². The first-order valence-electron chi connectivity index (χ1n) is 10.9. The van der Waals surface area contributed by atoms with E-state index < -0.39 is 17.3 Å². The van der Waals surface area contributed by atoms with Crippen molar-refractivity contribution in [2.75, 3.05) is 0 Å². The van der Waals surface area contributed by atoms with Crippen LogP contribution in [-0.2, 0) is 0 Å². The molecule has 3 aliphatic rings. The number of rotatable bonds is 6. The summed E-state index contributed by atoms with van der Waals surface area (Å²) in [4.78, 5) is 0. The number of halogens is 3. The first-order valence-corrected chi connectivity index (χ1v) is 10.9. The molecule has 2 saturated carbocycles. The van der Waals surface area contributed by atoms with Gasteiger partial charge in [0.15, 0.2) is 11.5 Å². The van der Waals surface area contributed by atoms with Crippen LogP contribution in [0.1, 0.15) is 90.4 Å². The molecule has 1 atom stereocenters. The van der Waals surface area contributed by atoms with Gasteiger partial charge in [0.05, 0.1) is 0 Å². The molecule has 0 saturated heterocycles. The van der Waals surface area contributed by atoms with Gasteiger partial charge in [-0.25, -0.2) is 13.2 Å². The van der Waals surface area contributed by atoms with Crippen LogP contribution in [0, 0.1) is 23.7 Å². The molecule has 0 spiro atoms. The summed E-state index contributed by atoms with van der Waals surface area (Å²) in [5.41, 5.74) is -2.20. The SMILES string of the molecule is CCCC1CCC(C2CCC(CCC3(F)C=CCC(F)=C3F)CC2)CC1. The molecule has 0 aromatic carbocycles. The van der Waals surface area contributed by atoms with Crippen LogP contribution in [0.2, 0.25) is 0 Å². The maximum absolute atomic E-state index is 14.7. The largest absolute Gasteiger partial charge is 0.231 e. The van der Waals surface area contributed by atoms with Gasteiger partial charge in [0, 0.05) is 6.42 Å². The lowest BCUT2D eigenvalue weighted by Crippen LogP contribution is -2.28. The van der Waals surface area contributed by atoms with Crippen molar-refractivity contribution in [3.8, 4) is 0 Å². The molecule has 3 rings (SSSR count). The van der Waals surface area contributed by atoms with E-state index in [1.807, 2.05) is 0 Å². The van der Waals surface area contributed by atoms with Gasteiger partial charge in [0.2, 0.25) is 0 Å². The Morgan fingerprint density at radius 3 is 1.96 bits per heavy atom. The highest BCUT2D eigenvalue weighted by Crippen LogP contribution is 2.44. The Balaban J connectivity index is 1.41. The van der Waals surface area contributed by atoms with Crippen molar-refractivity contribution in [3.63, 3.8) is 0 Å². The molecular weight excluding hydrogens is 333 g/mol. The van der Waals surface area contributed by atoms with E-state index in [-0.39, 0.29) is 12.8 Å². The Morgan fingerprint density at radius 1 is 0.885 bits per heavy atom. The number of allylic oxidation sites excluding steroid dienone is 4. The summed E-state index contributed by atoms with van der Waals surface area (Å²) in [6.07, 6.45) is 16.4. The van der Waals surface area contributed by atoms with Crippen LogP contribution in [-0.4, -0.2) is 5.67 Å². The summed E-state index contributed by atoms with van der Waals surface area (Å²) in [6.45, 7) is 2.29. The molecule has 0 aromatic rings. The zero-order chi connectivity index (χ0) is 18.6. The smallest absolute Gasteiger partial charge is 0.182 e. The molecule has 148 valence electrons. The predicted octanol–water partition coefficient (Wildman–Crippen LogP) is 8.00. The standard InChI is InChI=1S/C23H35F3/c1-2-4-17-6-10-19(11-7-17)20-12-8-18(9-13-20)14-16-23(26)15-3-5-21(24)22(23)25/h3,15,17-20H,2,4-14,16H2,1H3. The van der Waals surface area contributed by atoms with Gasteiger partial charge in [-0.3, -0.25) is 0 Å². The van der Waals surface area contributed by atoms with E-state index in [0.717, 1.165) is 30.6 Å². The lowest BCUT2D eigenvalue weighted by Gasteiger charge is -2.38. The summed E-state index contributed by atoms with van der Waals surface area (Å²) >= 11 is 0. The van der Waals surface area contributed by atoms with Crippen LogP contribution >= 0.6 is 0 Å². The number of hydrogen-bond donors (Lipinski definition) is 0. The highest BCUT2D eigenvalue weighted by atomic mass is 19.2. The summed E-state index contributed by atoms with van der Waals surface area (Å²) in [5, 5.41) is 0. The van der Waals surface area contributed by atoms with Gasteiger partial charge >= 0.3 is 0 Å². The summed E-state index contributed by atoms with van der Waals surface area (Å²) in [7, 11) is 0. The molecule has 0 aromatic heterocycles.